The van der Waals surface area contributed by atoms with E-state index in [4.69, 9.17) is 33.0 Å². The third-order valence-corrected chi connectivity index (χ3v) is 5.55. The Kier molecular flexibility index (Phi) is 4.26. The minimum Gasteiger partial charge on any atom is -0.464 e. The zero-order valence-corrected chi connectivity index (χ0v) is 16.2. The molecule has 0 bridgehead atoms. The van der Waals surface area contributed by atoms with Crippen LogP contribution in [0.2, 0.25) is 10.0 Å². The number of hydrogen-bond donors (Lipinski definition) is 0. The summed E-state index contributed by atoms with van der Waals surface area (Å²) in [6.45, 7) is 0. The first kappa shape index (κ1) is 17.5. The van der Waals surface area contributed by atoms with Gasteiger partial charge in [-0.15, -0.1) is 0 Å². The van der Waals surface area contributed by atoms with Crippen LogP contribution in [-0.2, 0) is 0 Å². The van der Waals surface area contributed by atoms with Crippen molar-refractivity contribution in [3.63, 3.8) is 0 Å². The van der Waals surface area contributed by atoms with Gasteiger partial charge in [-0.2, -0.15) is 5.10 Å². The molecule has 2 heterocycles. The third-order valence-electron chi connectivity index (χ3n) is 5.06. The molecule has 0 radical (unpaired) electrons. The van der Waals surface area contributed by atoms with Crippen molar-refractivity contribution in [3.05, 3.63) is 99.3 Å². The van der Waals surface area contributed by atoms with Crippen molar-refractivity contribution >= 4 is 28.9 Å². The Balaban J connectivity index is 1.61. The normalized spacial score (nSPS) is 20.2. The molecule has 0 saturated heterocycles. The molecule has 0 aliphatic carbocycles. The van der Waals surface area contributed by atoms with Gasteiger partial charge in [0, 0.05) is 27.6 Å². The van der Waals surface area contributed by atoms with Crippen LogP contribution < -0.4 is 4.74 Å². The van der Waals surface area contributed by atoms with Gasteiger partial charge in [-0.25, -0.2) is 9.40 Å². The summed E-state index contributed by atoms with van der Waals surface area (Å²) in [5, 5.41) is 8.07. The predicted molar refractivity (Wildman–Crippen MR) is 108 cm³/mol. The van der Waals surface area contributed by atoms with Crippen molar-refractivity contribution in [2.75, 3.05) is 0 Å². The maximum absolute atomic E-state index is 13.9. The van der Waals surface area contributed by atoms with E-state index in [0.717, 1.165) is 22.6 Å². The lowest BCUT2D eigenvalue weighted by molar-refractivity contribution is -0.0192. The van der Waals surface area contributed by atoms with E-state index in [2.05, 4.69) is 0 Å². The van der Waals surface area contributed by atoms with E-state index < -0.39 is 6.23 Å². The minimum absolute atomic E-state index is 0.0404. The maximum atomic E-state index is 13.9. The number of nitrogens with zero attached hydrogens (tertiary/aromatic N) is 2. The molecule has 0 fully saturated rings. The minimum atomic E-state index is -0.515. The van der Waals surface area contributed by atoms with Gasteiger partial charge in [0.05, 0.1) is 11.8 Å². The van der Waals surface area contributed by atoms with Crippen molar-refractivity contribution in [3.8, 4) is 5.75 Å². The molecule has 0 saturated carbocycles. The van der Waals surface area contributed by atoms with Crippen LogP contribution in [0, 0.1) is 5.82 Å². The highest BCUT2D eigenvalue weighted by Crippen LogP contribution is 2.48. The van der Waals surface area contributed by atoms with Crippen LogP contribution in [0.15, 0.2) is 71.8 Å². The number of fused-ring (bicyclic) bond motifs is 3. The fraction of sp³-hybridized carbons (Fsp3) is 0.136. The summed E-state index contributed by atoms with van der Waals surface area (Å²) in [5.41, 5.74) is 3.62. The zero-order chi connectivity index (χ0) is 19.3. The van der Waals surface area contributed by atoms with Crippen LogP contribution in [0.25, 0.3) is 0 Å². The van der Waals surface area contributed by atoms with E-state index in [1.807, 2.05) is 47.5 Å². The fourth-order valence-corrected chi connectivity index (χ4v) is 4.06. The number of benzene rings is 3. The summed E-state index contributed by atoms with van der Waals surface area (Å²) in [6.07, 6.45) is 0.184. The lowest BCUT2D eigenvalue weighted by atomic mass is 9.96. The second-order valence-electron chi connectivity index (χ2n) is 6.86. The molecule has 140 valence electrons. The van der Waals surface area contributed by atoms with Crippen molar-refractivity contribution < 1.29 is 9.13 Å². The molecule has 2 aliphatic heterocycles. The molecule has 2 aliphatic rings. The molecule has 5 rings (SSSR count). The average Bonchev–Trinajstić information content (AvgIpc) is 3.14. The molecular formula is C22H15Cl2FN2O. The summed E-state index contributed by atoms with van der Waals surface area (Å²) < 4.78 is 20.1. The van der Waals surface area contributed by atoms with Gasteiger partial charge in [0.25, 0.3) is 0 Å². The molecule has 6 heteroatoms. The van der Waals surface area contributed by atoms with Gasteiger partial charge in [-0.3, -0.25) is 0 Å². The average molecular weight is 413 g/mol. The summed E-state index contributed by atoms with van der Waals surface area (Å²) in [6, 6.07) is 19.6. The van der Waals surface area contributed by atoms with Gasteiger partial charge >= 0.3 is 0 Å². The molecule has 2 atom stereocenters. The van der Waals surface area contributed by atoms with Gasteiger partial charge < -0.3 is 4.74 Å². The Morgan fingerprint density at radius 1 is 0.964 bits per heavy atom. The van der Waals surface area contributed by atoms with Crippen LogP contribution in [0.4, 0.5) is 4.39 Å². The van der Waals surface area contributed by atoms with E-state index >= 15 is 0 Å². The Morgan fingerprint density at radius 2 is 1.75 bits per heavy atom. The van der Waals surface area contributed by atoms with Crippen molar-refractivity contribution in [2.45, 2.75) is 18.7 Å². The molecule has 0 unspecified atom stereocenters. The molecular weight excluding hydrogens is 398 g/mol. The Labute approximate surface area is 172 Å². The Bertz CT molecular complexity index is 1080. The fourth-order valence-electron chi connectivity index (χ4n) is 3.76. The van der Waals surface area contributed by atoms with Crippen molar-refractivity contribution in [1.29, 1.82) is 0 Å². The third kappa shape index (κ3) is 3.03. The Morgan fingerprint density at radius 3 is 2.54 bits per heavy atom. The van der Waals surface area contributed by atoms with Gasteiger partial charge in [0.15, 0.2) is 0 Å². The molecule has 0 spiro atoms. The smallest absolute Gasteiger partial charge is 0.213 e. The lowest BCUT2D eigenvalue weighted by Crippen LogP contribution is -2.33. The van der Waals surface area contributed by atoms with Crippen LogP contribution >= 0.6 is 23.2 Å². The van der Waals surface area contributed by atoms with Gasteiger partial charge in [0.2, 0.25) is 6.23 Å². The maximum Gasteiger partial charge on any atom is 0.213 e. The summed E-state index contributed by atoms with van der Waals surface area (Å²) in [7, 11) is 0. The second kappa shape index (κ2) is 6.80. The first-order valence-corrected chi connectivity index (χ1v) is 9.67. The number of rotatable bonds is 2. The summed E-state index contributed by atoms with van der Waals surface area (Å²) in [5.74, 6) is 0.438. The van der Waals surface area contributed by atoms with Crippen molar-refractivity contribution in [2.24, 2.45) is 5.10 Å². The second-order valence-corrected chi connectivity index (χ2v) is 7.73. The van der Waals surface area contributed by atoms with Crippen LogP contribution in [0.3, 0.4) is 0 Å². The van der Waals surface area contributed by atoms with E-state index in [1.165, 1.54) is 12.1 Å². The van der Waals surface area contributed by atoms with Gasteiger partial charge in [-0.05, 0) is 48.0 Å². The van der Waals surface area contributed by atoms with Gasteiger partial charge in [-0.1, -0.05) is 47.5 Å². The molecule has 0 amide bonds. The highest BCUT2D eigenvalue weighted by molar-refractivity contribution is 6.31. The number of hydrogen-bond acceptors (Lipinski definition) is 3. The number of halogens is 3. The SMILES string of the molecule is Fc1cccc([C@H]2Oc3ccc(Cl)cc3[C@@H]3CC(c4ccc(Cl)cc4)=NN23)c1. The van der Waals surface area contributed by atoms with E-state index in [1.54, 1.807) is 12.1 Å². The van der Waals surface area contributed by atoms with Crippen LogP contribution in [-0.4, -0.2) is 10.7 Å². The van der Waals surface area contributed by atoms with Crippen LogP contribution in [0.1, 0.15) is 35.4 Å². The molecule has 3 aromatic rings. The van der Waals surface area contributed by atoms with E-state index in [9.17, 15) is 4.39 Å². The van der Waals surface area contributed by atoms with Crippen LogP contribution in [0.5, 0.6) is 5.75 Å². The molecule has 0 aromatic heterocycles. The van der Waals surface area contributed by atoms with Gasteiger partial charge in [0.1, 0.15) is 11.6 Å². The first-order valence-electron chi connectivity index (χ1n) is 8.92. The molecule has 3 nitrogen and oxygen atoms in total. The number of hydrazone groups is 1. The monoisotopic (exact) mass is 412 g/mol. The number of ether oxygens (including phenoxy) is 1. The highest BCUT2D eigenvalue weighted by atomic mass is 35.5. The first-order chi connectivity index (χ1) is 13.6. The lowest BCUT2D eigenvalue weighted by Gasteiger charge is -2.38. The largest absolute Gasteiger partial charge is 0.464 e. The van der Waals surface area contributed by atoms with E-state index in [-0.39, 0.29) is 11.9 Å². The summed E-state index contributed by atoms with van der Waals surface area (Å²) in [4.78, 5) is 0. The van der Waals surface area contributed by atoms with E-state index in [0.29, 0.717) is 22.0 Å². The predicted octanol–water partition coefficient (Wildman–Crippen LogP) is 6.37. The topological polar surface area (TPSA) is 24.8 Å². The highest BCUT2D eigenvalue weighted by Gasteiger charge is 2.41. The standard InChI is InChI=1S/C22H15Cl2FN2O/c23-15-6-4-13(5-7-15)19-12-20-18-11-16(24)8-9-21(18)28-22(27(20)26-19)14-2-1-3-17(25)10-14/h1-11,20,22H,12H2/t20-,22+/m0/s1. The molecule has 0 N–H and O–H groups in total. The van der Waals surface area contributed by atoms with Crippen molar-refractivity contribution in [1.82, 2.24) is 5.01 Å². The zero-order valence-electron chi connectivity index (χ0n) is 14.6. The Hall–Kier alpha value is -2.56. The summed E-state index contributed by atoms with van der Waals surface area (Å²) >= 11 is 12.3. The molecule has 3 aromatic carbocycles. The molecule has 28 heavy (non-hydrogen) atoms. The quantitative estimate of drug-likeness (QED) is 0.487.